The molecule has 1 aromatic carbocycles. The maximum absolute atomic E-state index is 13.0. The minimum Gasteiger partial charge on any atom is -0.207 e. The second-order valence-corrected chi connectivity index (χ2v) is 3.97. The molecule has 0 bridgehead atoms. The first-order chi connectivity index (χ1) is 6.42. The Bertz CT molecular complexity index is 491. The van der Waals surface area contributed by atoms with Gasteiger partial charge in [-0.1, -0.05) is 6.07 Å². The van der Waals surface area contributed by atoms with Gasteiger partial charge >= 0.3 is 10.2 Å². The Balaban J connectivity index is 3.09. The van der Waals surface area contributed by atoms with Crippen molar-refractivity contribution in [3.8, 4) is 6.07 Å². The fourth-order valence-corrected chi connectivity index (χ4v) is 1.53. The summed E-state index contributed by atoms with van der Waals surface area (Å²) in [4.78, 5) is 0. The summed E-state index contributed by atoms with van der Waals surface area (Å²) in [6.07, 6.45) is 0. The third-order valence-corrected chi connectivity index (χ3v) is 2.17. The number of rotatable bonds is 2. The van der Waals surface area contributed by atoms with Gasteiger partial charge in [-0.3, -0.25) is 0 Å². The van der Waals surface area contributed by atoms with Gasteiger partial charge in [-0.05, 0) is 12.1 Å². The summed E-state index contributed by atoms with van der Waals surface area (Å²) in [6.45, 7) is 0. The van der Waals surface area contributed by atoms with Crippen LogP contribution in [0.25, 0.3) is 0 Å². The smallest absolute Gasteiger partial charge is 0.207 e. The van der Waals surface area contributed by atoms with E-state index in [0.29, 0.717) is 0 Å². The summed E-state index contributed by atoms with van der Waals surface area (Å²) in [6, 6.07) is 4.84. The topological polar surface area (TPSA) is 57.9 Å². The number of nitrogens with zero attached hydrogens (tertiary/aromatic N) is 1. The fourth-order valence-electron chi connectivity index (χ4n) is 0.920. The molecule has 0 saturated carbocycles. The number of nitriles is 1. The van der Waals surface area contributed by atoms with Gasteiger partial charge in [-0.25, -0.2) is 4.39 Å². The highest BCUT2D eigenvalue weighted by Gasteiger charge is 2.13. The molecule has 0 aliphatic rings. The first-order valence-electron chi connectivity index (χ1n) is 3.53. The summed E-state index contributed by atoms with van der Waals surface area (Å²) in [5, 5.41) is 8.38. The average Bonchev–Trinajstić information content (AvgIpc) is 2.06. The van der Waals surface area contributed by atoms with Crippen molar-refractivity contribution >= 4 is 10.2 Å². The minimum atomic E-state index is -4.74. The molecule has 0 heterocycles. The Morgan fingerprint density at radius 2 is 2.07 bits per heavy atom. The van der Waals surface area contributed by atoms with E-state index in [4.69, 9.17) is 5.26 Å². The molecule has 3 nitrogen and oxygen atoms in total. The Morgan fingerprint density at radius 3 is 2.50 bits per heavy atom. The minimum absolute atomic E-state index is 0.0579. The molecular formula is C8H5F2NO2S. The molecule has 0 spiro atoms. The third kappa shape index (κ3) is 2.78. The van der Waals surface area contributed by atoms with Crippen molar-refractivity contribution in [2.75, 3.05) is 0 Å². The lowest BCUT2D eigenvalue weighted by Crippen LogP contribution is -1.99. The first-order valence-corrected chi connectivity index (χ1v) is 5.08. The highest BCUT2D eigenvalue weighted by atomic mass is 32.3. The zero-order valence-electron chi connectivity index (χ0n) is 6.87. The lowest BCUT2D eigenvalue weighted by molar-refractivity contribution is 0.547. The molecule has 1 aromatic rings. The normalized spacial score (nSPS) is 10.9. The summed E-state index contributed by atoms with van der Waals surface area (Å²) >= 11 is 0. The van der Waals surface area contributed by atoms with Crippen molar-refractivity contribution in [2.45, 2.75) is 5.75 Å². The predicted molar refractivity (Wildman–Crippen MR) is 44.8 cm³/mol. The van der Waals surface area contributed by atoms with Gasteiger partial charge in [-0.15, -0.1) is 3.89 Å². The van der Waals surface area contributed by atoms with Gasteiger partial charge in [-0.2, -0.15) is 13.7 Å². The van der Waals surface area contributed by atoms with Crippen LogP contribution in [0.4, 0.5) is 8.28 Å². The second kappa shape index (κ2) is 3.72. The Labute approximate surface area is 79.8 Å². The Morgan fingerprint density at radius 1 is 1.43 bits per heavy atom. The quantitative estimate of drug-likeness (QED) is 0.705. The van der Waals surface area contributed by atoms with Crippen LogP contribution in [0.15, 0.2) is 18.2 Å². The molecule has 0 saturated heterocycles. The van der Waals surface area contributed by atoms with Crippen molar-refractivity contribution in [1.29, 1.82) is 5.26 Å². The van der Waals surface area contributed by atoms with Crippen LogP contribution in [0.5, 0.6) is 0 Å². The van der Waals surface area contributed by atoms with Crippen LogP contribution in [-0.4, -0.2) is 8.42 Å². The lowest BCUT2D eigenvalue weighted by Gasteiger charge is -1.99. The number of hydrogen-bond acceptors (Lipinski definition) is 3. The zero-order valence-corrected chi connectivity index (χ0v) is 7.68. The molecule has 0 radical (unpaired) electrons. The van der Waals surface area contributed by atoms with Gasteiger partial charge in [0.1, 0.15) is 11.6 Å². The van der Waals surface area contributed by atoms with E-state index >= 15 is 0 Å². The molecule has 0 atom stereocenters. The molecular weight excluding hydrogens is 212 g/mol. The van der Waals surface area contributed by atoms with Crippen molar-refractivity contribution in [3.63, 3.8) is 0 Å². The van der Waals surface area contributed by atoms with Crippen molar-refractivity contribution in [3.05, 3.63) is 35.1 Å². The summed E-state index contributed by atoms with van der Waals surface area (Å²) < 4.78 is 45.6. The molecule has 0 aliphatic carbocycles. The maximum Gasteiger partial charge on any atom is 0.306 e. The zero-order chi connectivity index (χ0) is 10.8. The molecule has 14 heavy (non-hydrogen) atoms. The Hall–Kier alpha value is -1.48. The summed E-state index contributed by atoms with van der Waals surface area (Å²) in [5.74, 6) is -1.91. The van der Waals surface area contributed by atoms with Crippen LogP contribution in [0.3, 0.4) is 0 Å². The van der Waals surface area contributed by atoms with Crippen molar-refractivity contribution < 1.29 is 16.7 Å². The van der Waals surface area contributed by atoms with E-state index < -0.39 is 21.8 Å². The van der Waals surface area contributed by atoms with Crippen LogP contribution in [0, 0.1) is 17.1 Å². The highest BCUT2D eigenvalue weighted by molar-refractivity contribution is 7.85. The fraction of sp³-hybridized carbons (Fsp3) is 0.125. The van der Waals surface area contributed by atoms with Crippen LogP contribution in [-0.2, 0) is 16.0 Å². The monoisotopic (exact) mass is 217 g/mol. The molecule has 0 unspecified atom stereocenters. The largest absolute Gasteiger partial charge is 0.306 e. The van der Waals surface area contributed by atoms with Crippen LogP contribution in [0.1, 0.15) is 11.1 Å². The van der Waals surface area contributed by atoms with E-state index in [1.807, 2.05) is 0 Å². The van der Waals surface area contributed by atoms with E-state index in [2.05, 4.69) is 0 Å². The van der Waals surface area contributed by atoms with E-state index in [0.717, 1.165) is 12.1 Å². The highest BCUT2D eigenvalue weighted by Crippen LogP contribution is 2.13. The molecule has 6 heteroatoms. The van der Waals surface area contributed by atoms with Gasteiger partial charge in [0, 0.05) is 5.56 Å². The SMILES string of the molecule is N#Cc1ccc(CS(=O)(=O)F)c(F)c1. The molecule has 1 rings (SSSR count). The number of benzene rings is 1. The van der Waals surface area contributed by atoms with Crippen LogP contribution < -0.4 is 0 Å². The van der Waals surface area contributed by atoms with Crippen LogP contribution >= 0.6 is 0 Å². The van der Waals surface area contributed by atoms with Gasteiger partial charge in [0.2, 0.25) is 0 Å². The lowest BCUT2D eigenvalue weighted by atomic mass is 10.1. The second-order valence-electron chi connectivity index (χ2n) is 2.60. The molecule has 0 aromatic heterocycles. The third-order valence-electron chi connectivity index (χ3n) is 1.51. The molecule has 0 amide bonds. The molecule has 0 N–H and O–H groups in total. The van der Waals surface area contributed by atoms with E-state index in [-0.39, 0.29) is 11.1 Å². The average molecular weight is 217 g/mol. The van der Waals surface area contributed by atoms with Gasteiger partial charge < -0.3 is 0 Å². The predicted octanol–water partition coefficient (Wildman–Crippen LogP) is 1.50. The molecule has 0 fully saturated rings. The molecule has 0 aliphatic heterocycles. The summed E-state index contributed by atoms with van der Waals surface area (Å²) in [7, 11) is -4.74. The summed E-state index contributed by atoms with van der Waals surface area (Å²) in [5.41, 5.74) is -0.228. The number of halogens is 2. The standard InChI is InChI=1S/C8H5F2NO2S/c9-8-3-6(4-11)1-2-7(8)5-14(10,12)13/h1-3H,5H2. The first kappa shape index (κ1) is 10.6. The van der Waals surface area contributed by atoms with Crippen molar-refractivity contribution in [2.24, 2.45) is 0 Å². The van der Waals surface area contributed by atoms with E-state index in [9.17, 15) is 16.7 Å². The Kier molecular flexibility index (Phi) is 2.81. The molecule has 74 valence electrons. The van der Waals surface area contributed by atoms with E-state index in [1.54, 1.807) is 6.07 Å². The van der Waals surface area contributed by atoms with Gasteiger partial charge in [0.15, 0.2) is 0 Å². The number of hydrogen-bond donors (Lipinski definition) is 0. The van der Waals surface area contributed by atoms with Gasteiger partial charge in [0.05, 0.1) is 11.6 Å². The van der Waals surface area contributed by atoms with E-state index in [1.165, 1.54) is 6.07 Å². The maximum atomic E-state index is 13.0. The van der Waals surface area contributed by atoms with Crippen molar-refractivity contribution in [1.82, 2.24) is 0 Å². The van der Waals surface area contributed by atoms with Crippen LogP contribution in [0.2, 0.25) is 0 Å². The van der Waals surface area contributed by atoms with Gasteiger partial charge in [0.25, 0.3) is 0 Å².